The van der Waals surface area contributed by atoms with Gasteiger partial charge in [-0.2, -0.15) is 0 Å². The molecule has 4 heteroatoms. The Morgan fingerprint density at radius 3 is 2.79 bits per heavy atom. The first kappa shape index (κ1) is 17.4. The normalized spacial score (nSPS) is 28.0. The standard InChI is InChI=1S/C20H31N3O/c1-22(20(24)18-8-5-9-19(21)12-18)13-17-10-11-23(15-17)14-16-6-3-2-4-7-16/h2-4,6-7,17-19H,5,8-15,21H2,1H3. The van der Waals surface area contributed by atoms with Crippen molar-refractivity contribution < 1.29 is 4.79 Å². The average molecular weight is 329 g/mol. The summed E-state index contributed by atoms with van der Waals surface area (Å²) >= 11 is 0. The molecular weight excluding hydrogens is 298 g/mol. The highest BCUT2D eigenvalue weighted by molar-refractivity contribution is 5.78. The second-order valence-electron chi connectivity index (χ2n) is 7.72. The molecule has 1 amide bonds. The van der Waals surface area contributed by atoms with Gasteiger partial charge in [-0.3, -0.25) is 9.69 Å². The first-order valence-corrected chi connectivity index (χ1v) is 9.38. The van der Waals surface area contributed by atoms with Crippen LogP contribution in [0.4, 0.5) is 0 Å². The highest BCUT2D eigenvalue weighted by Crippen LogP contribution is 2.26. The monoisotopic (exact) mass is 329 g/mol. The van der Waals surface area contributed by atoms with Gasteiger partial charge >= 0.3 is 0 Å². The molecule has 0 aromatic heterocycles. The summed E-state index contributed by atoms with van der Waals surface area (Å²) < 4.78 is 0. The molecule has 1 saturated heterocycles. The van der Waals surface area contributed by atoms with Gasteiger partial charge in [0, 0.05) is 38.6 Å². The lowest BCUT2D eigenvalue weighted by Gasteiger charge is -2.30. The van der Waals surface area contributed by atoms with Gasteiger partial charge in [-0.1, -0.05) is 36.8 Å². The lowest BCUT2D eigenvalue weighted by Crippen LogP contribution is -2.41. The summed E-state index contributed by atoms with van der Waals surface area (Å²) in [4.78, 5) is 17.1. The van der Waals surface area contributed by atoms with E-state index in [9.17, 15) is 4.79 Å². The van der Waals surface area contributed by atoms with Crippen LogP contribution in [0.25, 0.3) is 0 Å². The fraction of sp³-hybridized carbons (Fsp3) is 0.650. The maximum atomic E-state index is 12.7. The number of rotatable bonds is 5. The van der Waals surface area contributed by atoms with Crippen molar-refractivity contribution >= 4 is 5.91 Å². The summed E-state index contributed by atoms with van der Waals surface area (Å²) in [5, 5.41) is 0. The molecule has 2 fully saturated rings. The van der Waals surface area contributed by atoms with E-state index in [1.54, 1.807) is 0 Å². The second-order valence-corrected chi connectivity index (χ2v) is 7.72. The molecule has 3 rings (SSSR count). The van der Waals surface area contributed by atoms with Gasteiger partial charge in [-0.25, -0.2) is 0 Å². The van der Waals surface area contributed by atoms with Crippen LogP contribution < -0.4 is 5.73 Å². The quantitative estimate of drug-likeness (QED) is 0.903. The molecule has 0 bridgehead atoms. The van der Waals surface area contributed by atoms with Crippen molar-refractivity contribution in [2.75, 3.05) is 26.7 Å². The van der Waals surface area contributed by atoms with Gasteiger partial charge in [0.2, 0.25) is 5.91 Å². The van der Waals surface area contributed by atoms with Crippen LogP contribution in [-0.2, 0) is 11.3 Å². The molecule has 132 valence electrons. The van der Waals surface area contributed by atoms with Crippen molar-refractivity contribution in [2.45, 2.75) is 44.7 Å². The Bertz CT molecular complexity index is 533. The molecule has 0 radical (unpaired) electrons. The van der Waals surface area contributed by atoms with Gasteiger partial charge in [0.15, 0.2) is 0 Å². The average Bonchev–Trinajstić information content (AvgIpc) is 3.02. The number of nitrogens with two attached hydrogens (primary N) is 1. The van der Waals surface area contributed by atoms with Gasteiger partial charge in [0.25, 0.3) is 0 Å². The molecular formula is C20H31N3O. The number of benzene rings is 1. The molecule has 1 aliphatic carbocycles. The third kappa shape index (κ3) is 4.58. The molecule has 4 nitrogen and oxygen atoms in total. The van der Waals surface area contributed by atoms with Crippen molar-refractivity contribution in [3.8, 4) is 0 Å². The Labute approximate surface area is 146 Å². The first-order chi connectivity index (χ1) is 11.6. The number of hydrogen-bond acceptors (Lipinski definition) is 3. The molecule has 1 saturated carbocycles. The number of carbonyl (C=O) groups excluding carboxylic acids is 1. The minimum Gasteiger partial charge on any atom is -0.345 e. The largest absolute Gasteiger partial charge is 0.345 e. The van der Waals surface area contributed by atoms with E-state index in [4.69, 9.17) is 5.73 Å². The fourth-order valence-corrected chi connectivity index (χ4v) is 4.29. The Balaban J connectivity index is 1.45. The third-order valence-electron chi connectivity index (χ3n) is 5.59. The topological polar surface area (TPSA) is 49.6 Å². The number of nitrogens with zero attached hydrogens (tertiary/aromatic N) is 2. The van der Waals surface area contributed by atoms with E-state index in [0.29, 0.717) is 11.8 Å². The Hall–Kier alpha value is -1.39. The molecule has 1 heterocycles. The molecule has 3 unspecified atom stereocenters. The smallest absolute Gasteiger partial charge is 0.225 e. The SMILES string of the molecule is CN(CC1CCN(Cc2ccccc2)C1)C(=O)C1CCCC(N)C1. The maximum absolute atomic E-state index is 12.7. The number of carbonyl (C=O) groups is 1. The van der Waals surface area contributed by atoms with Gasteiger partial charge in [0.05, 0.1) is 0 Å². The van der Waals surface area contributed by atoms with Crippen LogP contribution in [0.2, 0.25) is 0 Å². The molecule has 1 aromatic rings. The molecule has 2 aliphatic rings. The van der Waals surface area contributed by atoms with E-state index >= 15 is 0 Å². The van der Waals surface area contributed by atoms with Crippen molar-refractivity contribution in [1.29, 1.82) is 0 Å². The highest BCUT2D eigenvalue weighted by atomic mass is 16.2. The van der Waals surface area contributed by atoms with E-state index in [-0.39, 0.29) is 12.0 Å². The van der Waals surface area contributed by atoms with E-state index in [2.05, 4.69) is 35.2 Å². The predicted molar refractivity (Wildman–Crippen MR) is 97.4 cm³/mol. The molecule has 0 spiro atoms. The van der Waals surface area contributed by atoms with E-state index in [1.807, 2.05) is 11.9 Å². The first-order valence-electron chi connectivity index (χ1n) is 9.38. The number of likely N-dealkylation sites (tertiary alicyclic amines) is 1. The summed E-state index contributed by atoms with van der Waals surface area (Å²) in [6.07, 6.45) is 5.24. The van der Waals surface area contributed by atoms with Crippen LogP contribution in [-0.4, -0.2) is 48.4 Å². The lowest BCUT2D eigenvalue weighted by atomic mass is 9.85. The number of amides is 1. The van der Waals surface area contributed by atoms with Crippen LogP contribution in [0, 0.1) is 11.8 Å². The summed E-state index contributed by atoms with van der Waals surface area (Å²) in [6.45, 7) is 4.13. The van der Waals surface area contributed by atoms with Gasteiger partial charge < -0.3 is 10.6 Å². The predicted octanol–water partition coefficient (Wildman–Crippen LogP) is 2.48. The summed E-state index contributed by atoms with van der Waals surface area (Å²) in [7, 11) is 1.97. The molecule has 2 N–H and O–H groups in total. The van der Waals surface area contributed by atoms with Gasteiger partial charge in [-0.05, 0) is 43.7 Å². The van der Waals surface area contributed by atoms with Crippen LogP contribution in [0.15, 0.2) is 30.3 Å². The van der Waals surface area contributed by atoms with Gasteiger partial charge in [0.1, 0.15) is 0 Å². The minimum absolute atomic E-state index is 0.153. The van der Waals surface area contributed by atoms with Crippen LogP contribution in [0.3, 0.4) is 0 Å². The van der Waals surface area contributed by atoms with Crippen molar-refractivity contribution in [2.24, 2.45) is 17.6 Å². The molecule has 3 atom stereocenters. The van der Waals surface area contributed by atoms with Crippen LogP contribution in [0.1, 0.15) is 37.7 Å². The lowest BCUT2D eigenvalue weighted by molar-refractivity contribution is -0.135. The summed E-state index contributed by atoms with van der Waals surface area (Å²) in [6, 6.07) is 10.9. The zero-order valence-corrected chi connectivity index (χ0v) is 14.9. The maximum Gasteiger partial charge on any atom is 0.225 e. The third-order valence-corrected chi connectivity index (χ3v) is 5.59. The molecule has 1 aromatic carbocycles. The van der Waals surface area contributed by atoms with Crippen LogP contribution in [0.5, 0.6) is 0 Å². The van der Waals surface area contributed by atoms with E-state index < -0.39 is 0 Å². The fourth-order valence-electron chi connectivity index (χ4n) is 4.29. The zero-order chi connectivity index (χ0) is 16.9. The zero-order valence-electron chi connectivity index (χ0n) is 14.9. The summed E-state index contributed by atoms with van der Waals surface area (Å²) in [5.41, 5.74) is 7.41. The number of hydrogen-bond donors (Lipinski definition) is 1. The highest BCUT2D eigenvalue weighted by Gasteiger charge is 2.30. The Morgan fingerprint density at radius 1 is 1.25 bits per heavy atom. The van der Waals surface area contributed by atoms with E-state index in [1.165, 1.54) is 12.0 Å². The van der Waals surface area contributed by atoms with Crippen LogP contribution >= 0.6 is 0 Å². The van der Waals surface area contributed by atoms with E-state index in [0.717, 1.165) is 51.9 Å². The molecule has 1 aliphatic heterocycles. The van der Waals surface area contributed by atoms with Crippen molar-refractivity contribution in [3.63, 3.8) is 0 Å². The van der Waals surface area contributed by atoms with Crippen molar-refractivity contribution in [3.05, 3.63) is 35.9 Å². The molecule has 24 heavy (non-hydrogen) atoms. The van der Waals surface area contributed by atoms with Crippen molar-refractivity contribution in [1.82, 2.24) is 9.80 Å². The summed E-state index contributed by atoms with van der Waals surface area (Å²) in [5.74, 6) is 1.06. The second kappa shape index (κ2) is 8.13. The minimum atomic E-state index is 0.153. The van der Waals surface area contributed by atoms with Gasteiger partial charge in [-0.15, -0.1) is 0 Å². The Kier molecular flexibility index (Phi) is 5.90. The Morgan fingerprint density at radius 2 is 2.04 bits per heavy atom.